The van der Waals surface area contributed by atoms with E-state index < -0.39 is 17.9 Å². The molecule has 0 bridgehead atoms. The van der Waals surface area contributed by atoms with Gasteiger partial charge in [0.05, 0.1) is 11.9 Å². The lowest BCUT2D eigenvalue weighted by Crippen LogP contribution is -2.52. The minimum absolute atomic E-state index is 0.182. The van der Waals surface area contributed by atoms with Crippen LogP contribution in [0.5, 0.6) is 0 Å². The van der Waals surface area contributed by atoms with Crippen molar-refractivity contribution in [1.29, 1.82) is 0 Å². The van der Waals surface area contributed by atoms with Gasteiger partial charge in [-0.2, -0.15) is 0 Å². The van der Waals surface area contributed by atoms with Gasteiger partial charge in [-0.15, -0.1) is 0 Å². The molecule has 28 heavy (non-hydrogen) atoms. The molecule has 4 heterocycles. The molecule has 1 aromatic heterocycles. The molecular formula is C19H22N4O5. The number of carbonyl (C=O) groups excluding carboxylic acids is 3. The normalized spacial score (nSPS) is 23.1. The average Bonchev–Trinajstić information content (AvgIpc) is 3.25. The van der Waals surface area contributed by atoms with Gasteiger partial charge in [-0.05, 0) is 31.4 Å². The van der Waals surface area contributed by atoms with Crippen molar-refractivity contribution in [3.63, 3.8) is 0 Å². The summed E-state index contributed by atoms with van der Waals surface area (Å²) in [5, 5.41) is 4.85. The number of pyridine rings is 1. The van der Waals surface area contributed by atoms with Crippen molar-refractivity contribution >= 4 is 23.4 Å². The van der Waals surface area contributed by atoms with E-state index in [1.54, 1.807) is 24.8 Å². The molecule has 2 N–H and O–H groups in total. The molecule has 2 saturated heterocycles. The lowest BCUT2D eigenvalue weighted by atomic mass is 9.96. The third-order valence-electron chi connectivity index (χ3n) is 5.30. The van der Waals surface area contributed by atoms with Gasteiger partial charge in [0.15, 0.2) is 0 Å². The van der Waals surface area contributed by atoms with Crippen molar-refractivity contribution in [2.45, 2.75) is 38.0 Å². The Morgan fingerprint density at radius 2 is 1.89 bits per heavy atom. The molecule has 2 fully saturated rings. The molecule has 9 nitrogen and oxygen atoms in total. The quantitative estimate of drug-likeness (QED) is 0.732. The zero-order valence-corrected chi connectivity index (χ0v) is 15.3. The largest absolute Gasteiger partial charge is 0.459 e. The van der Waals surface area contributed by atoms with Crippen LogP contribution in [-0.4, -0.2) is 48.1 Å². The number of carbonyl (C=O) groups is 3. The fraction of sp³-hybridized carbons (Fsp3) is 0.474. The molecule has 4 rings (SSSR count). The Balaban J connectivity index is 1.30. The van der Waals surface area contributed by atoms with Crippen molar-refractivity contribution in [2.24, 2.45) is 5.92 Å². The van der Waals surface area contributed by atoms with Gasteiger partial charge in [0.1, 0.15) is 24.3 Å². The van der Waals surface area contributed by atoms with E-state index in [4.69, 9.17) is 9.47 Å². The second kappa shape index (κ2) is 7.87. The van der Waals surface area contributed by atoms with Crippen LogP contribution in [0.25, 0.3) is 0 Å². The molecule has 3 aliphatic heterocycles. The molecule has 148 valence electrons. The molecule has 9 heteroatoms. The van der Waals surface area contributed by atoms with E-state index in [1.807, 2.05) is 6.07 Å². The highest BCUT2D eigenvalue weighted by molar-refractivity contribution is 6.03. The van der Waals surface area contributed by atoms with Crippen molar-refractivity contribution in [1.82, 2.24) is 15.6 Å². The first-order chi connectivity index (χ1) is 13.6. The summed E-state index contributed by atoms with van der Waals surface area (Å²) in [6.45, 7) is 1.72. The van der Waals surface area contributed by atoms with Crippen LogP contribution in [0.3, 0.4) is 0 Å². The Labute approximate surface area is 162 Å². The minimum atomic E-state index is -0.708. The summed E-state index contributed by atoms with van der Waals surface area (Å²) in [4.78, 5) is 41.7. The van der Waals surface area contributed by atoms with Crippen LogP contribution >= 0.6 is 0 Å². The Morgan fingerprint density at radius 1 is 1.14 bits per heavy atom. The van der Waals surface area contributed by atoms with Gasteiger partial charge in [0, 0.05) is 25.4 Å². The van der Waals surface area contributed by atoms with Crippen molar-refractivity contribution in [3.05, 3.63) is 36.5 Å². The van der Waals surface area contributed by atoms with Gasteiger partial charge >= 0.3 is 0 Å². The summed E-state index contributed by atoms with van der Waals surface area (Å²) in [6.07, 6.45) is 7.06. The van der Waals surface area contributed by atoms with Gasteiger partial charge in [0.2, 0.25) is 18.1 Å². The van der Waals surface area contributed by atoms with E-state index in [0.29, 0.717) is 12.3 Å². The first-order valence-corrected chi connectivity index (χ1v) is 9.41. The summed E-state index contributed by atoms with van der Waals surface area (Å²) >= 11 is 0. The molecule has 3 amide bonds. The van der Waals surface area contributed by atoms with Gasteiger partial charge < -0.3 is 19.7 Å². The number of hydrogen-bond donors (Lipinski definition) is 2. The van der Waals surface area contributed by atoms with Crippen LogP contribution in [0.1, 0.15) is 36.2 Å². The topological polar surface area (TPSA) is 110 Å². The predicted octanol–water partition coefficient (Wildman–Crippen LogP) is 0.677. The second-order valence-corrected chi connectivity index (χ2v) is 7.12. The first kappa shape index (κ1) is 18.3. The lowest BCUT2D eigenvalue weighted by molar-refractivity contribution is -0.134. The van der Waals surface area contributed by atoms with Gasteiger partial charge in [-0.1, -0.05) is 0 Å². The summed E-state index contributed by atoms with van der Waals surface area (Å²) in [5.41, 5.74) is 1.18. The molecule has 0 unspecified atom stereocenters. The van der Waals surface area contributed by atoms with Crippen LogP contribution in [-0.2, 0) is 19.1 Å². The summed E-state index contributed by atoms with van der Waals surface area (Å²) in [6, 6.07) is 2.80. The van der Waals surface area contributed by atoms with Crippen LogP contribution < -0.4 is 15.5 Å². The smallest absolute Gasteiger partial charge is 0.270 e. The number of ether oxygens (including phenoxy) is 2. The Hall–Kier alpha value is -3.10. The maximum absolute atomic E-state index is 12.3. The number of nitrogens with one attached hydrogen (secondary N) is 2. The van der Waals surface area contributed by atoms with Crippen molar-refractivity contribution in [2.75, 3.05) is 18.0 Å². The maximum Gasteiger partial charge on any atom is 0.270 e. The number of amides is 3. The molecule has 0 aromatic carbocycles. The van der Waals surface area contributed by atoms with Crippen molar-refractivity contribution < 1.29 is 23.9 Å². The first-order valence-electron chi connectivity index (χ1n) is 9.41. The average molecular weight is 386 g/mol. The molecule has 0 aliphatic carbocycles. The standard InChI is InChI=1S/C19H22N4O5/c24-16-4-3-15(18(26)22-16)21-17(25)14-2-1-13(11-20-14)23-7-5-12(6-8-23)19-27-9-10-28-19/h1-2,9-12,15,19H,3-8H2,(H,21,25)(H,22,24,26)/t15-/m1/s1. The van der Waals surface area contributed by atoms with Gasteiger partial charge in [-0.3, -0.25) is 19.7 Å². The fourth-order valence-electron chi connectivity index (χ4n) is 3.67. The van der Waals surface area contributed by atoms with Gasteiger partial charge in [-0.25, -0.2) is 4.98 Å². The lowest BCUT2D eigenvalue weighted by Gasteiger charge is -2.34. The molecule has 1 aromatic rings. The minimum Gasteiger partial charge on any atom is -0.459 e. The third kappa shape index (κ3) is 3.92. The predicted molar refractivity (Wildman–Crippen MR) is 97.9 cm³/mol. The summed E-state index contributed by atoms with van der Waals surface area (Å²) < 4.78 is 10.9. The van der Waals surface area contributed by atoms with E-state index >= 15 is 0 Å². The Bertz CT molecular complexity index is 778. The highest BCUT2D eigenvalue weighted by atomic mass is 16.7. The van der Waals surface area contributed by atoms with Crippen LogP contribution in [0.2, 0.25) is 0 Å². The fourth-order valence-corrected chi connectivity index (χ4v) is 3.67. The van der Waals surface area contributed by atoms with Crippen LogP contribution in [0, 0.1) is 5.92 Å². The Kier molecular flexibility index (Phi) is 5.14. The number of rotatable bonds is 4. The van der Waals surface area contributed by atoms with Crippen LogP contribution in [0.4, 0.5) is 5.69 Å². The van der Waals surface area contributed by atoms with E-state index in [0.717, 1.165) is 31.6 Å². The molecule has 1 atom stereocenters. The zero-order chi connectivity index (χ0) is 19.5. The number of piperidine rings is 2. The number of nitrogens with zero attached hydrogens (tertiary/aromatic N) is 2. The van der Waals surface area contributed by atoms with Crippen molar-refractivity contribution in [3.8, 4) is 0 Å². The summed E-state index contributed by atoms with van der Waals surface area (Å²) in [7, 11) is 0. The Morgan fingerprint density at radius 3 is 2.54 bits per heavy atom. The molecule has 0 radical (unpaired) electrons. The number of hydrogen-bond acceptors (Lipinski definition) is 7. The van der Waals surface area contributed by atoms with Crippen LogP contribution in [0.15, 0.2) is 30.9 Å². The summed E-state index contributed by atoms with van der Waals surface area (Å²) in [5.74, 6) is -0.862. The monoisotopic (exact) mass is 386 g/mol. The highest BCUT2D eigenvalue weighted by Crippen LogP contribution is 2.28. The maximum atomic E-state index is 12.3. The number of aromatic nitrogens is 1. The molecular weight excluding hydrogens is 364 g/mol. The van der Waals surface area contributed by atoms with Gasteiger partial charge in [0.25, 0.3) is 5.91 Å². The zero-order valence-electron chi connectivity index (χ0n) is 15.3. The second-order valence-electron chi connectivity index (χ2n) is 7.12. The highest BCUT2D eigenvalue weighted by Gasteiger charge is 2.31. The van der Waals surface area contributed by atoms with E-state index in [9.17, 15) is 14.4 Å². The molecule has 0 spiro atoms. The van der Waals surface area contributed by atoms with E-state index in [2.05, 4.69) is 20.5 Å². The van der Waals surface area contributed by atoms with E-state index in [-0.39, 0.29) is 24.3 Å². The van der Waals surface area contributed by atoms with E-state index in [1.165, 1.54) is 0 Å². The SMILES string of the molecule is O=C1CC[C@@H](NC(=O)c2ccc(N3CCC(C4OC=CO4)CC3)cn2)C(=O)N1. The third-order valence-corrected chi connectivity index (χ3v) is 5.30. The molecule has 3 aliphatic rings. The molecule has 0 saturated carbocycles. The number of imide groups is 1. The number of anilines is 1.